The third kappa shape index (κ3) is 2.19. The van der Waals surface area contributed by atoms with E-state index in [1.807, 2.05) is 47.0 Å². The molecule has 1 saturated heterocycles. The Morgan fingerprint density at radius 3 is 2.53 bits per heavy atom. The number of nitrogens with two attached hydrogens (primary N) is 1. The van der Waals surface area contributed by atoms with Gasteiger partial charge in [0.2, 0.25) is 0 Å². The first kappa shape index (κ1) is 11.8. The molecule has 0 radical (unpaired) electrons. The predicted octanol–water partition coefficient (Wildman–Crippen LogP) is 1.47. The summed E-state index contributed by atoms with van der Waals surface area (Å²) < 4.78 is 1.83. The van der Waals surface area contributed by atoms with Crippen LogP contribution in [0.2, 0.25) is 0 Å². The fourth-order valence-electron chi connectivity index (χ4n) is 2.22. The van der Waals surface area contributed by atoms with Crippen LogP contribution >= 0.6 is 0 Å². The Balaban J connectivity index is 1.64. The highest BCUT2D eigenvalue weighted by Gasteiger charge is 2.32. The molecule has 0 atom stereocenters. The van der Waals surface area contributed by atoms with Crippen LogP contribution in [0.25, 0.3) is 0 Å². The fourth-order valence-corrected chi connectivity index (χ4v) is 2.22. The van der Waals surface area contributed by atoms with Gasteiger partial charge in [0.1, 0.15) is 5.82 Å². The van der Waals surface area contributed by atoms with Gasteiger partial charge in [-0.2, -0.15) is 5.10 Å². The Hall–Kier alpha value is -2.30. The molecule has 0 saturated carbocycles. The number of aryl methyl sites for hydroxylation is 1. The maximum atomic E-state index is 12.2. The number of nitrogens with zero attached hydrogens (tertiary/aromatic N) is 3. The summed E-state index contributed by atoms with van der Waals surface area (Å²) in [7, 11) is 0. The predicted molar refractivity (Wildman–Crippen MR) is 72.8 cm³/mol. The molecule has 1 aliphatic rings. The van der Waals surface area contributed by atoms with Gasteiger partial charge in [-0.1, -0.05) is 17.7 Å². The van der Waals surface area contributed by atoms with Crippen LogP contribution in [0.3, 0.4) is 0 Å². The Labute approximate surface area is 111 Å². The van der Waals surface area contributed by atoms with E-state index in [4.69, 9.17) is 5.73 Å². The molecular formula is C14H16N4O. The van der Waals surface area contributed by atoms with Gasteiger partial charge in [-0.15, -0.1) is 0 Å². The molecule has 1 aromatic heterocycles. The zero-order chi connectivity index (χ0) is 13.4. The topological polar surface area (TPSA) is 64.2 Å². The van der Waals surface area contributed by atoms with Crippen molar-refractivity contribution in [2.75, 3.05) is 18.8 Å². The van der Waals surface area contributed by atoms with Crippen molar-refractivity contribution in [1.29, 1.82) is 0 Å². The molecule has 0 spiro atoms. The van der Waals surface area contributed by atoms with E-state index in [0.29, 0.717) is 18.9 Å². The van der Waals surface area contributed by atoms with E-state index in [1.54, 1.807) is 6.07 Å². The van der Waals surface area contributed by atoms with E-state index >= 15 is 0 Å². The number of likely N-dealkylation sites (tertiary alicyclic amines) is 1. The van der Waals surface area contributed by atoms with Crippen molar-refractivity contribution >= 4 is 11.7 Å². The van der Waals surface area contributed by atoms with Crippen LogP contribution in [0.5, 0.6) is 0 Å². The second kappa shape index (κ2) is 4.42. The minimum Gasteiger partial charge on any atom is -0.382 e. The lowest BCUT2D eigenvalue weighted by Crippen LogP contribution is -2.50. The van der Waals surface area contributed by atoms with Crippen molar-refractivity contribution in [3.05, 3.63) is 47.7 Å². The SMILES string of the molecule is Cc1ccc(C(=O)N2CC(n3ccc(N)n3)C2)cc1. The molecule has 2 N–H and O–H groups in total. The van der Waals surface area contributed by atoms with Crippen LogP contribution in [-0.2, 0) is 0 Å². The molecule has 0 unspecified atom stereocenters. The number of carbonyl (C=O) groups is 1. The standard InChI is InChI=1S/C14H16N4O/c1-10-2-4-11(5-3-10)14(19)17-8-12(9-17)18-7-6-13(15)16-18/h2-7,12H,8-9H2,1H3,(H2,15,16). The van der Waals surface area contributed by atoms with Gasteiger partial charge in [-0.25, -0.2) is 0 Å². The molecule has 2 heterocycles. The molecule has 3 rings (SSSR count). The van der Waals surface area contributed by atoms with E-state index in [1.165, 1.54) is 0 Å². The van der Waals surface area contributed by atoms with Crippen LogP contribution < -0.4 is 5.73 Å². The summed E-state index contributed by atoms with van der Waals surface area (Å²) in [6.07, 6.45) is 1.85. The lowest BCUT2D eigenvalue weighted by atomic mass is 10.1. The van der Waals surface area contributed by atoms with Gasteiger partial charge in [0.15, 0.2) is 0 Å². The molecule has 0 bridgehead atoms. The van der Waals surface area contributed by atoms with E-state index in [9.17, 15) is 4.79 Å². The summed E-state index contributed by atoms with van der Waals surface area (Å²) in [5, 5.41) is 4.17. The number of anilines is 1. The van der Waals surface area contributed by atoms with Crippen molar-refractivity contribution in [3.8, 4) is 0 Å². The monoisotopic (exact) mass is 256 g/mol. The average Bonchev–Trinajstić information content (AvgIpc) is 2.74. The number of aromatic nitrogens is 2. The Morgan fingerprint density at radius 1 is 1.26 bits per heavy atom. The molecule has 0 aliphatic carbocycles. The minimum atomic E-state index is 0.0800. The van der Waals surface area contributed by atoms with Gasteiger partial charge in [-0.3, -0.25) is 9.48 Å². The highest BCUT2D eigenvalue weighted by atomic mass is 16.2. The molecule has 1 fully saturated rings. The van der Waals surface area contributed by atoms with Crippen LogP contribution in [0.1, 0.15) is 22.0 Å². The normalized spacial score (nSPS) is 15.3. The Kier molecular flexibility index (Phi) is 2.74. The van der Waals surface area contributed by atoms with Gasteiger partial charge in [0.25, 0.3) is 5.91 Å². The maximum absolute atomic E-state index is 12.2. The first-order valence-corrected chi connectivity index (χ1v) is 6.30. The lowest BCUT2D eigenvalue weighted by molar-refractivity contribution is 0.0502. The first-order chi connectivity index (χ1) is 9.13. The highest BCUT2D eigenvalue weighted by Crippen LogP contribution is 2.23. The van der Waals surface area contributed by atoms with Crippen molar-refractivity contribution in [2.45, 2.75) is 13.0 Å². The highest BCUT2D eigenvalue weighted by molar-refractivity contribution is 5.94. The number of carbonyl (C=O) groups excluding carboxylic acids is 1. The minimum absolute atomic E-state index is 0.0800. The number of benzene rings is 1. The van der Waals surface area contributed by atoms with Gasteiger partial charge >= 0.3 is 0 Å². The number of amides is 1. The first-order valence-electron chi connectivity index (χ1n) is 6.30. The van der Waals surface area contributed by atoms with E-state index < -0.39 is 0 Å². The van der Waals surface area contributed by atoms with Crippen LogP contribution in [-0.4, -0.2) is 33.7 Å². The summed E-state index contributed by atoms with van der Waals surface area (Å²) in [5.41, 5.74) is 7.48. The quantitative estimate of drug-likeness (QED) is 0.885. The number of hydrogen-bond acceptors (Lipinski definition) is 3. The molecule has 19 heavy (non-hydrogen) atoms. The maximum Gasteiger partial charge on any atom is 0.253 e. The van der Waals surface area contributed by atoms with E-state index in [-0.39, 0.29) is 11.9 Å². The van der Waals surface area contributed by atoms with Crippen molar-refractivity contribution in [3.63, 3.8) is 0 Å². The molecular weight excluding hydrogens is 240 g/mol. The largest absolute Gasteiger partial charge is 0.382 e. The van der Waals surface area contributed by atoms with Crippen LogP contribution in [0.15, 0.2) is 36.5 Å². The van der Waals surface area contributed by atoms with E-state index in [0.717, 1.165) is 11.1 Å². The lowest BCUT2D eigenvalue weighted by Gasteiger charge is -2.39. The zero-order valence-corrected chi connectivity index (χ0v) is 10.8. The molecule has 2 aromatic rings. The molecule has 1 amide bonds. The fraction of sp³-hybridized carbons (Fsp3) is 0.286. The summed E-state index contributed by atoms with van der Waals surface area (Å²) in [5.74, 6) is 0.597. The molecule has 5 nitrogen and oxygen atoms in total. The molecule has 5 heteroatoms. The molecule has 1 aliphatic heterocycles. The summed E-state index contributed by atoms with van der Waals surface area (Å²) in [6, 6.07) is 9.67. The third-order valence-electron chi connectivity index (χ3n) is 3.45. The number of rotatable bonds is 2. The summed E-state index contributed by atoms with van der Waals surface area (Å²) >= 11 is 0. The second-order valence-electron chi connectivity index (χ2n) is 4.95. The van der Waals surface area contributed by atoms with Crippen molar-refractivity contribution in [1.82, 2.24) is 14.7 Å². The average molecular weight is 256 g/mol. The van der Waals surface area contributed by atoms with E-state index in [2.05, 4.69) is 5.10 Å². The smallest absolute Gasteiger partial charge is 0.253 e. The van der Waals surface area contributed by atoms with Gasteiger partial charge in [0.05, 0.1) is 6.04 Å². The summed E-state index contributed by atoms with van der Waals surface area (Å²) in [6.45, 7) is 3.39. The van der Waals surface area contributed by atoms with Gasteiger partial charge in [0, 0.05) is 24.8 Å². The second-order valence-corrected chi connectivity index (χ2v) is 4.95. The van der Waals surface area contributed by atoms with Crippen LogP contribution in [0, 0.1) is 6.92 Å². The molecule has 1 aromatic carbocycles. The molecule has 98 valence electrons. The van der Waals surface area contributed by atoms with Gasteiger partial charge in [-0.05, 0) is 25.1 Å². The zero-order valence-electron chi connectivity index (χ0n) is 10.8. The number of hydrogen-bond donors (Lipinski definition) is 1. The Morgan fingerprint density at radius 2 is 1.95 bits per heavy atom. The van der Waals surface area contributed by atoms with Crippen LogP contribution in [0.4, 0.5) is 5.82 Å². The van der Waals surface area contributed by atoms with Gasteiger partial charge < -0.3 is 10.6 Å². The summed E-state index contributed by atoms with van der Waals surface area (Å²) in [4.78, 5) is 14.0. The number of nitrogen functional groups attached to an aromatic ring is 1. The van der Waals surface area contributed by atoms with Crippen molar-refractivity contribution in [2.24, 2.45) is 0 Å². The Bertz CT molecular complexity index is 596. The third-order valence-corrected chi connectivity index (χ3v) is 3.45. The van der Waals surface area contributed by atoms with Crippen molar-refractivity contribution < 1.29 is 4.79 Å².